The molecule has 2 heterocycles. The number of nitrogens with zero attached hydrogens (tertiary/aromatic N) is 2. The van der Waals surface area contributed by atoms with Gasteiger partial charge in [-0.25, -0.2) is 4.39 Å². The van der Waals surface area contributed by atoms with Crippen LogP contribution >= 0.6 is 0 Å². The zero-order chi connectivity index (χ0) is 21.5. The van der Waals surface area contributed by atoms with Gasteiger partial charge in [0.05, 0.1) is 18.7 Å². The largest absolute Gasteiger partial charge is 0.394 e. The van der Waals surface area contributed by atoms with E-state index in [1.807, 2.05) is 0 Å². The molecule has 3 aliphatic rings. The van der Waals surface area contributed by atoms with Crippen LogP contribution < -0.4 is 0 Å². The van der Waals surface area contributed by atoms with Crippen LogP contribution in [0.15, 0.2) is 54.6 Å². The molecule has 2 aromatic carbocycles. The van der Waals surface area contributed by atoms with Crippen molar-refractivity contribution in [3.05, 3.63) is 77.1 Å². The van der Waals surface area contributed by atoms with E-state index in [0.29, 0.717) is 12.1 Å². The molecular formula is C25H25FN2O3. The summed E-state index contributed by atoms with van der Waals surface area (Å²) >= 11 is 0. The lowest BCUT2D eigenvalue weighted by molar-refractivity contribution is -0.159. The molecule has 6 heteroatoms. The highest BCUT2D eigenvalue weighted by atomic mass is 19.1. The number of allylic oxidation sites excluding steroid dienone is 2. The molecule has 0 spiro atoms. The molecule has 2 fully saturated rings. The van der Waals surface area contributed by atoms with E-state index in [9.17, 15) is 19.1 Å². The monoisotopic (exact) mass is 420 g/mol. The number of benzene rings is 2. The number of aliphatic hydroxyl groups is 1. The maximum absolute atomic E-state index is 13.2. The lowest BCUT2D eigenvalue weighted by Gasteiger charge is -2.58. The molecule has 0 aromatic heterocycles. The second-order valence-electron chi connectivity index (χ2n) is 8.58. The highest BCUT2D eigenvalue weighted by Crippen LogP contribution is 2.43. The van der Waals surface area contributed by atoms with Crippen LogP contribution in [0.3, 0.4) is 0 Å². The van der Waals surface area contributed by atoms with Gasteiger partial charge in [0, 0.05) is 18.0 Å². The first-order chi connectivity index (χ1) is 15.1. The molecule has 0 radical (unpaired) electrons. The van der Waals surface area contributed by atoms with Crippen molar-refractivity contribution < 1.29 is 19.1 Å². The van der Waals surface area contributed by atoms with Crippen LogP contribution in [0.1, 0.15) is 46.7 Å². The molecule has 0 bridgehead atoms. The molecule has 0 unspecified atom stereocenters. The lowest BCUT2D eigenvalue weighted by atomic mass is 9.73. The molecule has 160 valence electrons. The standard InChI is InChI=1S/C25H25FN2O3/c26-20-11-9-19(10-12-20)25(31)27-13-21-24(22(15-29)28(21)23(30)14-27)18-7-5-17(6-8-18)16-3-1-2-4-16/h3,5-12,21-22,24,29H,1-2,4,13-15H2/t21-,22+,24+/m1/s1. The third kappa shape index (κ3) is 3.45. The second-order valence-corrected chi connectivity index (χ2v) is 8.58. The first kappa shape index (κ1) is 19.9. The van der Waals surface area contributed by atoms with Crippen LogP contribution in [-0.2, 0) is 4.79 Å². The minimum Gasteiger partial charge on any atom is -0.394 e. The molecule has 2 saturated heterocycles. The first-order valence-electron chi connectivity index (χ1n) is 10.8. The van der Waals surface area contributed by atoms with Gasteiger partial charge >= 0.3 is 0 Å². The Morgan fingerprint density at radius 3 is 2.48 bits per heavy atom. The Hall–Kier alpha value is -2.99. The molecule has 1 N–H and O–H groups in total. The van der Waals surface area contributed by atoms with Crippen LogP contribution in [0.25, 0.3) is 5.57 Å². The maximum Gasteiger partial charge on any atom is 0.254 e. The fourth-order valence-electron chi connectivity index (χ4n) is 5.28. The molecule has 31 heavy (non-hydrogen) atoms. The second kappa shape index (κ2) is 7.93. The van der Waals surface area contributed by atoms with E-state index in [1.165, 1.54) is 46.7 Å². The van der Waals surface area contributed by atoms with Gasteiger partial charge in [-0.2, -0.15) is 0 Å². The van der Waals surface area contributed by atoms with Crippen molar-refractivity contribution in [1.29, 1.82) is 0 Å². The molecule has 2 aliphatic heterocycles. The van der Waals surface area contributed by atoms with Crippen molar-refractivity contribution >= 4 is 17.4 Å². The van der Waals surface area contributed by atoms with E-state index < -0.39 is 5.82 Å². The number of halogens is 1. The minimum atomic E-state index is -0.404. The van der Waals surface area contributed by atoms with Gasteiger partial charge in [-0.05, 0) is 60.2 Å². The average molecular weight is 420 g/mol. The van der Waals surface area contributed by atoms with Gasteiger partial charge in [0.15, 0.2) is 0 Å². The van der Waals surface area contributed by atoms with E-state index in [1.54, 1.807) is 4.90 Å². The average Bonchev–Trinajstić information content (AvgIpc) is 3.30. The number of aliphatic hydroxyl groups excluding tert-OH is 1. The molecule has 2 aromatic rings. The normalized spacial score (nSPS) is 25.2. The quantitative estimate of drug-likeness (QED) is 0.826. The summed E-state index contributed by atoms with van der Waals surface area (Å²) in [6, 6.07) is 13.4. The fourth-order valence-corrected chi connectivity index (χ4v) is 5.28. The lowest BCUT2D eigenvalue weighted by Crippen LogP contribution is -2.73. The Balaban J connectivity index is 1.37. The highest BCUT2D eigenvalue weighted by molar-refractivity contribution is 5.97. The highest BCUT2D eigenvalue weighted by Gasteiger charge is 2.54. The van der Waals surface area contributed by atoms with Crippen LogP contribution in [-0.4, -0.2) is 58.5 Å². The summed E-state index contributed by atoms with van der Waals surface area (Å²) in [7, 11) is 0. The Bertz CT molecular complexity index is 1030. The van der Waals surface area contributed by atoms with Crippen molar-refractivity contribution in [3.8, 4) is 0 Å². The number of carbonyl (C=O) groups excluding carboxylic acids is 2. The van der Waals surface area contributed by atoms with Gasteiger partial charge in [0.1, 0.15) is 12.4 Å². The number of piperazine rings is 1. The van der Waals surface area contributed by atoms with Crippen LogP contribution in [0.4, 0.5) is 4.39 Å². The van der Waals surface area contributed by atoms with E-state index >= 15 is 0 Å². The maximum atomic E-state index is 13.2. The van der Waals surface area contributed by atoms with Gasteiger partial charge in [-0.3, -0.25) is 9.59 Å². The van der Waals surface area contributed by atoms with Crippen molar-refractivity contribution in [3.63, 3.8) is 0 Å². The third-order valence-electron chi connectivity index (χ3n) is 6.84. The molecule has 5 rings (SSSR count). The Kier molecular flexibility index (Phi) is 5.10. The molecule has 1 aliphatic carbocycles. The number of carbonyl (C=O) groups is 2. The number of hydrogen-bond donors (Lipinski definition) is 1. The van der Waals surface area contributed by atoms with Gasteiger partial charge < -0.3 is 14.9 Å². The summed E-state index contributed by atoms with van der Waals surface area (Å²) < 4.78 is 13.2. The summed E-state index contributed by atoms with van der Waals surface area (Å²) in [6.07, 6.45) is 5.72. The topological polar surface area (TPSA) is 60.9 Å². The number of hydrogen-bond acceptors (Lipinski definition) is 3. The van der Waals surface area contributed by atoms with Crippen LogP contribution in [0.2, 0.25) is 0 Å². The van der Waals surface area contributed by atoms with Crippen molar-refractivity contribution in [2.75, 3.05) is 19.7 Å². The van der Waals surface area contributed by atoms with E-state index in [4.69, 9.17) is 0 Å². The molecule has 0 saturated carbocycles. The Morgan fingerprint density at radius 1 is 1.10 bits per heavy atom. The number of rotatable bonds is 4. The van der Waals surface area contributed by atoms with E-state index in [2.05, 4.69) is 30.3 Å². The summed E-state index contributed by atoms with van der Waals surface area (Å²) in [4.78, 5) is 28.9. The summed E-state index contributed by atoms with van der Waals surface area (Å²) in [5.74, 6) is -0.860. The van der Waals surface area contributed by atoms with Gasteiger partial charge in [0.2, 0.25) is 5.91 Å². The number of fused-ring (bicyclic) bond motifs is 1. The van der Waals surface area contributed by atoms with Crippen molar-refractivity contribution in [1.82, 2.24) is 9.80 Å². The minimum absolute atomic E-state index is 0.0237. The van der Waals surface area contributed by atoms with Crippen LogP contribution in [0, 0.1) is 5.82 Å². The summed E-state index contributed by atoms with van der Waals surface area (Å²) in [6.45, 7) is 0.269. The Labute approximate surface area is 180 Å². The van der Waals surface area contributed by atoms with Gasteiger partial charge in [-0.1, -0.05) is 30.3 Å². The number of amides is 2. The molecule has 2 amide bonds. The van der Waals surface area contributed by atoms with Gasteiger partial charge in [-0.15, -0.1) is 0 Å². The fraction of sp³-hybridized carbons (Fsp3) is 0.360. The summed E-state index contributed by atoms with van der Waals surface area (Å²) in [5.41, 5.74) is 4.05. The zero-order valence-corrected chi connectivity index (χ0v) is 17.2. The molecule has 3 atom stereocenters. The third-order valence-corrected chi connectivity index (χ3v) is 6.84. The van der Waals surface area contributed by atoms with E-state index in [0.717, 1.165) is 18.4 Å². The smallest absolute Gasteiger partial charge is 0.254 e. The molecule has 5 nitrogen and oxygen atoms in total. The van der Waals surface area contributed by atoms with Crippen LogP contribution in [0.5, 0.6) is 0 Å². The van der Waals surface area contributed by atoms with Gasteiger partial charge in [0.25, 0.3) is 5.91 Å². The SMILES string of the molecule is O=C(c1ccc(F)cc1)N1CC(=O)N2[C@H](C1)[C@H](c1ccc(C3=CCCC3)cc1)[C@@H]2CO. The predicted octanol–water partition coefficient (Wildman–Crippen LogP) is 3.20. The molecular weight excluding hydrogens is 395 g/mol. The zero-order valence-electron chi connectivity index (χ0n) is 17.2. The summed E-state index contributed by atoms with van der Waals surface area (Å²) in [5, 5.41) is 9.96. The van der Waals surface area contributed by atoms with Crippen molar-refractivity contribution in [2.24, 2.45) is 0 Å². The first-order valence-corrected chi connectivity index (χ1v) is 10.8. The van der Waals surface area contributed by atoms with Crippen molar-refractivity contribution in [2.45, 2.75) is 37.3 Å². The predicted molar refractivity (Wildman–Crippen MR) is 115 cm³/mol. The Morgan fingerprint density at radius 2 is 1.84 bits per heavy atom. The van der Waals surface area contributed by atoms with E-state index in [-0.39, 0.29) is 43.0 Å².